The first-order valence-corrected chi connectivity index (χ1v) is 2.61. The Morgan fingerprint density at radius 3 is 2.62 bits per heavy atom. The van der Waals surface area contributed by atoms with E-state index in [0.29, 0.717) is 0 Å². The number of carbonyl (C=O) groups excluding carboxylic acids is 1. The van der Waals surface area contributed by atoms with Gasteiger partial charge in [-0.3, -0.25) is 0 Å². The van der Waals surface area contributed by atoms with Crippen LogP contribution in [-0.2, 0) is 9.53 Å². The molecule has 0 fully saturated rings. The topological polar surface area (TPSA) is 46.5 Å². The molecule has 0 aliphatic heterocycles. The summed E-state index contributed by atoms with van der Waals surface area (Å²) in [6.45, 7) is 1.87. The molecule has 0 rings (SSSR count). The molecule has 0 bridgehead atoms. The Bertz CT molecular complexity index is 81.4. The zero-order chi connectivity index (χ0) is 6.57. The van der Waals surface area contributed by atoms with Gasteiger partial charge in [0.05, 0.1) is 6.61 Å². The summed E-state index contributed by atoms with van der Waals surface area (Å²) in [5.41, 5.74) is -1.52. The average Bonchev–Trinajstić information content (AvgIpc) is 1.67. The molecule has 0 spiro atoms. The van der Waals surface area contributed by atoms with Crippen LogP contribution in [0.3, 0.4) is 0 Å². The van der Waals surface area contributed by atoms with Gasteiger partial charge in [0.15, 0.2) is 0 Å². The maximum absolute atomic E-state index is 10.1. The minimum absolute atomic E-state index is 0.239. The number of rotatable bonds is 2. The maximum atomic E-state index is 10.1. The zero-order valence-corrected chi connectivity index (χ0v) is 5.18. The van der Waals surface area contributed by atoms with Gasteiger partial charge < -0.3 is 9.84 Å². The van der Waals surface area contributed by atoms with Gasteiger partial charge in [-0.2, -0.15) is 0 Å². The summed E-state index contributed by atoms with van der Waals surface area (Å²) in [6, 6.07) is 0. The van der Waals surface area contributed by atoms with E-state index in [4.69, 9.17) is 16.7 Å². The number of aliphatic hydroxyl groups excluding tert-OH is 1. The van der Waals surface area contributed by atoms with Crippen LogP contribution in [0.4, 0.5) is 0 Å². The Balaban J connectivity index is 3.33. The molecule has 0 heterocycles. The second-order valence-corrected chi connectivity index (χ2v) is 1.50. The average molecular weight is 139 g/mol. The lowest BCUT2D eigenvalue weighted by Gasteiger charge is -1.99. The van der Waals surface area contributed by atoms with Gasteiger partial charge in [-0.05, 0) is 6.92 Å². The highest BCUT2D eigenvalue weighted by Gasteiger charge is 2.09. The third-order valence-corrected chi connectivity index (χ3v) is 0.659. The van der Waals surface area contributed by atoms with Gasteiger partial charge in [-0.25, -0.2) is 4.79 Å². The predicted octanol–water partition coefficient (Wildman–Crippen LogP) is 0.107. The van der Waals surface area contributed by atoms with Crippen molar-refractivity contribution in [2.45, 2.75) is 12.5 Å². The van der Waals surface area contributed by atoms with Gasteiger partial charge in [-0.1, -0.05) is 11.6 Å². The Hall–Kier alpha value is -0.280. The minimum atomic E-state index is -1.52. The van der Waals surface area contributed by atoms with Gasteiger partial charge in [0, 0.05) is 0 Å². The Morgan fingerprint density at radius 2 is 2.50 bits per heavy atom. The van der Waals surface area contributed by atoms with Crippen LogP contribution in [0.5, 0.6) is 0 Å². The van der Waals surface area contributed by atoms with Crippen molar-refractivity contribution in [2.75, 3.05) is 6.61 Å². The Morgan fingerprint density at radius 1 is 2.00 bits per heavy atom. The molecule has 0 amide bonds. The molecule has 4 heteroatoms. The smallest absolute Gasteiger partial charge is 0.350 e. The molecule has 1 atom stereocenters. The zero-order valence-electron chi connectivity index (χ0n) is 4.43. The Kier molecular flexibility index (Phi) is 3.56. The predicted molar refractivity (Wildman–Crippen MR) is 28.5 cm³/mol. The first-order chi connectivity index (χ1) is 3.68. The van der Waals surface area contributed by atoms with Crippen molar-refractivity contribution in [3.05, 3.63) is 0 Å². The van der Waals surface area contributed by atoms with E-state index in [0.717, 1.165) is 0 Å². The SMILES string of the molecule is CCOC(=O)C(O)Cl. The van der Waals surface area contributed by atoms with Crippen LogP contribution in [0.2, 0.25) is 0 Å². The summed E-state index contributed by atoms with van der Waals surface area (Å²) in [5, 5.41) is 8.24. The maximum Gasteiger partial charge on any atom is 0.350 e. The number of alkyl halides is 1. The van der Waals surface area contributed by atoms with Crippen LogP contribution in [0.1, 0.15) is 6.92 Å². The highest BCUT2D eigenvalue weighted by Crippen LogP contribution is 1.91. The summed E-state index contributed by atoms with van der Waals surface area (Å²) in [7, 11) is 0. The summed E-state index contributed by atoms with van der Waals surface area (Å²) in [6.07, 6.45) is 0. The van der Waals surface area contributed by atoms with Crippen LogP contribution >= 0.6 is 11.6 Å². The van der Waals surface area contributed by atoms with E-state index in [2.05, 4.69) is 4.74 Å². The fourth-order valence-electron chi connectivity index (χ4n) is 0.211. The molecule has 0 aromatic heterocycles. The normalized spacial score (nSPS) is 12.9. The van der Waals surface area contributed by atoms with Gasteiger partial charge in [-0.15, -0.1) is 0 Å². The lowest BCUT2D eigenvalue weighted by Crippen LogP contribution is -2.16. The molecular formula is C4H7ClO3. The first kappa shape index (κ1) is 7.72. The molecule has 48 valence electrons. The van der Waals surface area contributed by atoms with Crippen molar-refractivity contribution in [1.82, 2.24) is 0 Å². The summed E-state index contributed by atoms with van der Waals surface area (Å²) < 4.78 is 4.28. The molecule has 0 radical (unpaired) electrons. The second kappa shape index (κ2) is 3.69. The fraction of sp³-hybridized carbons (Fsp3) is 0.750. The number of esters is 1. The third-order valence-electron chi connectivity index (χ3n) is 0.481. The van der Waals surface area contributed by atoms with Crippen molar-refractivity contribution in [3.63, 3.8) is 0 Å². The summed E-state index contributed by atoms with van der Waals surface area (Å²) >= 11 is 4.89. The molecule has 0 saturated carbocycles. The molecule has 0 aliphatic carbocycles. The van der Waals surface area contributed by atoms with E-state index in [9.17, 15) is 4.79 Å². The number of hydrogen-bond donors (Lipinski definition) is 1. The van der Waals surface area contributed by atoms with Gasteiger partial charge >= 0.3 is 5.97 Å². The molecule has 1 unspecified atom stereocenters. The van der Waals surface area contributed by atoms with E-state index in [1.165, 1.54) is 0 Å². The van der Waals surface area contributed by atoms with E-state index in [1.807, 2.05) is 0 Å². The van der Waals surface area contributed by atoms with E-state index >= 15 is 0 Å². The number of aliphatic hydroxyl groups is 1. The molecule has 8 heavy (non-hydrogen) atoms. The van der Waals surface area contributed by atoms with Crippen molar-refractivity contribution >= 4 is 17.6 Å². The molecule has 0 saturated heterocycles. The largest absolute Gasteiger partial charge is 0.463 e. The van der Waals surface area contributed by atoms with Crippen molar-refractivity contribution in [1.29, 1.82) is 0 Å². The van der Waals surface area contributed by atoms with Crippen LogP contribution in [0.15, 0.2) is 0 Å². The third kappa shape index (κ3) is 2.82. The quantitative estimate of drug-likeness (QED) is 0.435. The van der Waals surface area contributed by atoms with E-state index in [-0.39, 0.29) is 6.61 Å². The van der Waals surface area contributed by atoms with Crippen molar-refractivity contribution < 1.29 is 14.6 Å². The molecule has 0 aliphatic rings. The first-order valence-electron chi connectivity index (χ1n) is 2.17. The van der Waals surface area contributed by atoms with Crippen LogP contribution in [-0.4, -0.2) is 23.2 Å². The lowest BCUT2D eigenvalue weighted by atomic mass is 10.7. The highest BCUT2D eigenvalue weighted by atomic mass is 35.5. The monoisotopic (exact) mass is 138 g/mol. The molecule has 3 nitrogen and oxygen atoms in total. The lowest BCUT2D eigenvalue weighted by molar-refractivity contribution is -0.148. The Labute approximate surface area is 52.2 Å². The van der Waals surface area contributed by atoms with E-state index in [1.54, 1.807) is 6.92 Å². The van der Waals surface area contributed by atoms with Gasteiger partial charge in [0.1, 0.15) is 0 Å². The van der Waals surface area contributed by atoms with Gasteiger partial charge in [0.25, 0.3) is 0 Å². The van der Waals surface area contributed by atoms with Crippen LogP contribution in [0, 0.1) is 0 Å². The molecular weight excluding hydrogens is 131 g/mol. The van der Waals surface area contributed by atoms with Crippen LogP contribution in [0.25, 0.3) is 0 Å². The number of ether oxygens (including phenoxy) is 1. The van der Waals surface area contributed by atoms with Crippen molar-refractivity contribution in [2.24, 2.45) is 0 Å². The summed E-state index contributed by atoms with van der Waals surface area (Å²) in [4.78, 5) is 10.1. The summed E-state index contributed by atoms with van der Waals surface area (Å²) in [5.74, 6) is -0.797. The minimum Gasteiger partial charge on any atom is -0.463 e. The molecule has 0 aromatic rings. The van der Waals surface area contributed by atoms with E-state index < -0.39 is 11.5 Å². The highest BCUT2D eigenvalue weighted by molar-refractivity contribution is 6.28. The van der Waals surface area contributed by atoms with Crippen LogP contribution < -0.4 is 0 Å². The van der Waals surface area contributed by atoms with Gasteiger partial charge in [0.2, 0.25) is 5.56 Å². The fourth-order valence-corrected chi connectivity index (χ4v) is 0.274. The standard InChI is InChI=1S/C4H7ClO3/c1-2-8-4(7)3(5)6/h3,6H,2H2,1H3. The number of hydrogen-bond acceptors (Lipinski definition) is 3. The van der Waals surface area contributed by atoms with Crippen molar-refractivity contribution in [3.8, 4) is 0 Å². The number of halogens is 1. The molecule has 1 N–H and O–H groups in total. The second-order valence-electron chi connectivity index (χ2n) is 1.09. The molecule has 0 aromatic carbocycles. The number of carbonyl (C=O) groups is 1.